The maximum Gasteiger partial charge on any atom is 0.315 e. The van der Waals surface area contributed by atoms with Gasteiger partial charge in [0.2, 0.25) is 0 Å². The van der Waals surface area contributed by atoms with Crippen LogP contribution in [0, 0.1) is 0 Å². The van der Waals surface area contributed by atoms with Crippen molar-refractivity contribution in [3.05, 3.63) is 42.1 Å². The van der Waals surface area contributed by atoms with E-state index in [1.54, 1.807) is 6.20 Å². The third kappa shape index (κ3) is 4.93. The van der Waals surface area contributed by atoms with Crippen LogP contribution in [0.15, 0.2) is 36.5 Å². The number of benzene rings is 1. The van der Waals surface area contributed by atoms with E-state index in [9.17, 15) is 9.90 Å². The zero-order valence-corrected chi connectivity index (χ0v) is 14.5. The lowest BCUT2D eigenvalue weighted by molar-refractivity contribution is 0.0241. The Morgan fingerprint density at radius 2 is 1.83 bits per heavy atom. The summed E-state index contributed by atoms with van der Waals surface area (Å²) in [5.74, 6) is 0. The van der Waals surface area contributed by atoms with Gasteiger partial charge in [-0.05, 0) is 24.5 Å². The summed E-state index contributed by atoms with van der Waals surface area (Å²) in [6.45, 7) is 4.75. The molecule has 0 unspecified atom stereocenters. The molecule has 0 fully saturated rings. The average molecular weight is 329 g/mol. The molecular weight excluding hydrogens is 302 g/mol. The second kappa shape index (κ2) is 8.64. The molecule has 130 valence electrons. The van der Waals surface area contributed by atoms with E-state index in [0.717, 1.165) is 29.3 Å². The van der Waals surface area contributed by atoms with Gasteiger partial charge in [0.25, 0.3) is 0 Å². The first-order valence-corrected chi connectivity index (χ1v) is 8.64. The molecule has 1 heterocycles. The van der Waals surface area contributed by atoms with Gasteiger partial charge >= 0.3 is 6.03 Å². The van der Waals surface area contributed by atoms with E-state index in [2.05, 4.69) is 15.6 Å². The van der Waals surface area contributed by atoms with Gasteiger partial charge in [0.15, 0.2) is 0 Å². The van der Waals surface area contributed by atoms with Gasteiger partial charge in [-0.15, -0.1) is 0 Å². The Morgan fingerprint density at radius 3 is 2.54 bits per heavy atom. The second-order valence-electron chi connectivity index (χ2n) is 6.25. The number of nitrogens with zero attached hydrogens (tertiary/aromatic N) is 1. The van der Waals surface area contributed by atoms with Crippen LogP contribution >= 0.6 is 0 Å². The minimum absolute atomic E-state index is 0.270. The number of hydrogen-bond acceptors (Lipinski definition) is 3. The van der Waals surface area contributed by atoms with Crippen molar-refractivity contribution in [1.82, 2.24) is 15.6 Å². The minimum Gasteiger partial charge on any atom is -0.388 e. The van der Waals surface area contributed by atoms with Gasteiger partial charge in [-0.1, -0.05) is 51.0 Å². The van der Waals surface area contributed by atoms with Gasteiger partial charge in [0.05, 0.1) is 11.1 Å². The molecule has 0 saturated carbocycles. The van der Waals surface area contributed by atoms with E-state index >= 15 is 0 Å². The van der Waals surface area contributed by atoms with Crippen molar-refractivity contribution in [3.63, 3.8) is 0 Å². The Balaban J connectivity index is 1.90. The fraction of sp³-hybridized carbons (Fsp3) is 0.474. The summed E-state index contributed by atoms with van der Waals surface area (Å²) in [6, 6.07) is 9.55. The summed E-state index contributed by atoms with van der Waals surface area (Å²) in [6.07, 6.45) is 4.91. The molecule has 1 aromatic heterocycles. The molecule has 2 aromatic rings. The first kappa shape index (κ1) is 18.2. The largest absolute Gasteiger partial charge is 0.388 e. The standard InChI is InChI=1S/C19H27N3O2/c1-3-10-19(24,11-4-2)14-22-18(23)21-13-16-8-5-7-15-9-6-12-20-17(15)16/h5-9,12,24H,3-4,10-11,13-14H2,1-2H3,(H2,21,22,23). The predicted octanol–water partition coefficient (Wildman–Crippen LogP) is 3.37. The molecule has 1 aromatic carbocycles. The Kier molecular flexibility index (Phi) is 6.55. The van der Waals surface area contributed by atoms with E-state index in [-0.39, 0.29) is 12.6 Å². The molecule has 5 nitrogen and oxygen atoms in total. The smallest absolute Gasteiger partial charge is 0.315 e. The molecule has 0 aliphatic rings. The van der Waals surface area contributed by atoms with Gasteiger partial charge in [0, 0.05) is 24.7 Å². The highest BCUT2D eigenvalue weighted by atomic mass is 16.3. The van der Waals surface area contributed by atoms with E-state index < -0.39 is 5.60 Å². The highest BCUT2D eigenvalue weighted by Crippen LogP contribution is 2.18. The lowest BCUT2D eigenvalue weighted by atomic mass is 9.93. The van der Waals surface area contributed by atoms with Crippen molar-refractivity contribution in [2.24, 2.45) is 0 Å². The van der Waals surface area contributed by atoms with Crippen LogP contribution in [-0.2, 0) is 6.54 Å². The lowest BCUT2D eigenvalue weighted by Gasteiger charge is -2.27. The topological polar surface area (TPSA) is 74.2 Å². The molecule has 0 saturated heterocycles. The molecule has 0 atom stereocenters. The molecule has 0 aliphatic heterocycles. The number of nitrogens with one attached hydrogen (secondary N) is 2. The molecule has 24 heavy (non-hydrogen) atoms. The Bertz CT molecular complexity index is 661. The summed E-state index contributed by atoms with van der Waals surface area (Å²) in [5, 5.41) is 17.2. The fourth-order valence-corrected chi connectivity index (χ4v) is 3.03. The van der Waals surface area contributed by atoms with Gasteiger partial charge in [0.1, 0.15) is 0 Å². The first-order valence-electron chi connectivity index (χ1n) is 8.64. The van der Waals surface area contributed by atoms with Crippen LogP contribution in [0.2, 0.25) is 0 Å². The van der Waals surface area contributed by atoms with Crippen LogP contribution < -0.4 is 10.6 Å². The van der Waals surface area contributed by atoms with E-state index in [1.165, 1.54) is 0 Å². The number of hydrogen-bond donors (Lipinski definition) is 3. The number of amides is 2. The van der Waals surface area contributed by atoms with Gasteiger partial charge in [-0.25, -0.2) is 4.79 Å². The van der Waals surface area contributed by atoms with Crippen molar-refractivity contribution in [2.45, 2.75) is 51.7 Å². The molecule has 2 rings (SSSR count). The number of para-hydroxylation sites is 1. The number of urea groups is 1. The zero-order chi connectivity index (χ0) is 17.4. The predicted molar refractivity (Wildman–Crippen MR) is 96.7 cm³/mol. The Hall–Kier alpha value is -2.14. The number of aliphatic hydroxyl groups is 1. The second-order valence-corrected chi connectivity index (χ2v) is 6.25. The zero-order valence-electron chi connectivity index (χ0n) is 14.5. The van der Waals surface area contributed by atoms with Gasteiger partial charge in [-0.3, -0.25) is 4.98 Å². The van der Waals surface area contributed by atoms with Crippen LogP contribution in [0.4, 0.5) is 4.79 Å². The number of rotatable bonds is 8. The van der Waals surface area contributed by atoms with E-state index in [4.69, 9.17) is 0 Å². The van der Waals surface area contributed by atoms with Crippen LogP contribution in [0.3, 0.4) is 0 Å². The maximum atomic E-state index is 12.1. The van der Waals surface area contributed by atoms with Gasteiger partial charge in [-0.2, -0.15) is 0 Å². The monoisotopic (exact) mass is 329 g/mol. The first-order chi connectivity index (χ1) is 11.6. The SMILES string of the molecule is CCCC(O)(CCC)CNC(=O)NCc1cccc2cccnc12. The highest BCUT2D eigenvalue weighted by Gasteiger charge is 2.25. The van der Waals surface area contributed by atoms with Crippen LogP contribution in [-0.4, -0.2) is 28.3 Å². The molecule has 0 bridgehead atoms. The molecular formula is C19H27N3O2. The summed E-state index contributed by atoms with van der Waals surface area (Å²) in [7, 11) is 0. The third-order valence-corrected chi connectivity index (χ3v) is 4.16. The number of pyridine rings is 1. The maximum absolute atomic E-state index is 12.1. The Morgan fingerprint density at radius 1 is 1.12 bits per heavy atom. The molecule has 0 aliphatic carbocycles. The lowest BCUT2D eigenvalue weighted by Crippen LogP contribution is -2.46. The minimum atomic E-state index is -0.818. The quantitative estimate of drug-likeness (QED) is 0.695. The van der Waals surface area contributed by atoms with Gasteiger partial charge < -0.3 is 15.7 Å². The van der Waals surface area contributed by atoms with Crippen molar-refractivity contribution >= 4 is 16.9 Å². The van der Waals surface area contributed by atoms with Crippen molar-refractivity contribution in [2.75, 3.05) is 6.54 Å². The van der Waals surface area contributed by atoms with Crippen molar-refractivity contribution < 1.29 is 9.90 Å². The van der Waals surface area contributed by atoms with Crippen molar-refractivity contribution in [1.29, 1.82) is 0 Å². The Labute approximate surface area is 143 Å². The summed E-state index contributed by atoms with van der Waals surface area (Å²) in [5.41, 5.74) is 1.05. The summed E-state index contributed by atoms with van der Waals surface area (Å²) >= 11 is 0. The summed E-state index contributed by atoms with van der Waals surface area (Å²) in [4.78, 5) is 16.4. The third-order valence-electron chi connectivity index (χ3n) is 4.16. The fourth-order valence-electron chi connectivity index (χ4n) is 3.03. The average Bonchev–Trinajstić information content (AvgIpc) is 2.58. The normalized spacial score (nSPS) is 11.5. The molecule has 3 N–H and O–H groups in total. The van der Waals surface area contributed by atoms with Crippen molar-refractivity contribution in [3.8, 4) is 0 Å². The number of carbonyl (C=O) groups excluding carboxylic acids is 1. The summed E-state index contributed by atoms with van der Waals surface area (Å²) < 4.78 is 0. The van der Waals surface area contributed by atoms with Crippen LogP contribution in [0.25, 0.3) is 10.9 Å². The number of carbonyl (C=O) groups is 1. The molecule has 0 radical (unpaired) electrons. The van der Waals surface area contributed by atoms with E-state index in [0.29, 0.717) is 19.4 Å². The van der Waals surface area contributed by atoms with E-state index in [1.807, 2.05) is 44.2 Å². The molecule has 2 amide bonds. The van der Waals surface area contributed by atoms with Crippen LogP contribution in [0.1, 0.15) is 45.1 Å². The number of fused-ring (bicyclic) bond motifs is 1. The van der Waals surface area contributed by atoms with Crippen LogP contribution in [0.5, 0.6) is 0 Å². The molecule has 0 spiro atoms. The molecule has 5 heteroatoms. The number of aromatic nitrogens is 1. The highest BCUT2D eigenvalue weighted by molar-refractivity contribution is 5.82.